The zero-order valence-corrected chi connectivity index (χ0v) is 13.2. The Morgan fingerprint density at radius 1 is 1.05 bits per heavy atom. The summed E-state index contributed by atoms with van der Waals surface area (Å²) < 4.78 is 0. The Bertz CT molecular complexity index is 672. The highest BCUT2D eigenvalue weighted by molar-refractivity contribution is 5.72. The molecule has 0 aliphatic carbocycles. The predicted octanol–water partition coefficient (Wildman–Crippen LogP) is 5.18. The number of rotatable bonds is 4. The first-order valence-electron chi connectivity index (χ1n) is 7.19. The summed E-state index contributed by atoms with van der Waals surface area (Å²) in [5, 5.41) is 13.9. The van der Waals surface area contributed by atoms with Gasteiger partial charge in [-0.1, -0.05) is 30.4 Å². The number of benzene rings is 2. The van der Waals surface area contributed by atoms with Gasteiger partial charge in [-0.15, -0.1) is 0 Å². The summed E-state index contributed by atoms with van der Waals surface area (Å²) in [6.07, 6.45) is 0.697. The highest BCUT2D eigenvalue weighted by Crippen LogP contribution is 2.37. The third-order valence-corrected chi connectivity index (χ3v) is 3.93. The molecule has 0 aliphatic rings. The molecule has 0 aromatic heterocycles. The first kappa shape index (κ1) is 15.2. The van der Waals surface area contributed by atoms with Gasteiger partial charge < -0.3 is 10.4 Å². The summed E-state index contributed by atoms with van der Waals surface area (Å²) in [4.78, 5) is 0. The van der Waals surface area contributed by atoms with E-state index in [1.807, 2.05) is 51.1 Å². The molecule has 0 spiro atoms. The van der Waals surface area contributed by atoms with E-state index in [-0.39, 0.29) is 0 Å². The van der Waals surface area contributed by atoms with Crippen LogP contribution in [0.4, 0.5) is 11.4 Å². The fourth-order valence-electron chi connectivity index (χ4n) is 2.57. The van der Waals surface area contributed by atoms with Crippen LogP contribution < -0.4 is 5.32 Å². The fraction of sp³-hybridized carbons (Fsp3) is 0.263. The maximum Gasteiger partial charge on any atom is 0.122 e. The van der Waals surface area contributed by atoms with E-state index in [1.165, 1.54) is 0 Å². The number of para-hydroxylation sites is 1. The van der Waals surface area contributed by atoms with Crippen molar-refractivity contribution >= 4 is 11.4 Å². The highest BCUT2D eigenvalue weighted by Gasteiger charge is 2.16. The predicted molar refractivity (Wildman–Crippen MR) is 90.6 cm³/mol. The molecule has 0 radical (unpaired) electrons. The van der Waals surface area contributed by atoms with E-state index in [1.54, 1.807) is 0 Å². The van der Waals surface area contributed by atoms with Gasteiger partial charge in [0.1, 0.15) is 5.75 Å². The molecule has 0 saturated heterocycles. The molecule has 0 unspecified atom stereocenters. The Balaban J connectivity index is 2.55. The van der Waals surface area contributed by atoms with Crippen LogP contribution in [0, 0.1) is 20.8 Å². The van der Waals surface area contributed by atoms with Crippen LogP contribution in [-0.4, -0.2) is 5.11 Å². The Labute approximate surface area is 127 Å². The summed E-state index contributed by atoms with van der Waals surface area (Å²) in [5.41, 5.74) is 7.23. The molecule has 21 heavy (non-hydrogen) atoms. The van der Waals surface area contributed by atoms with Gasteiger partial charge in [-0.05, 0) is 62.9 Å². The van der Waals surface area contributed by atoms with Gasteiger partial charge in [-0.2, -0.15) is 0 Å². The largest absolute Gasteiger partial charge is 0.507 e. The zero-order valence-electron chi connectivity index (χ0n) is 13.2. The Morgan fingerprint density at radius 3 is 2.24 bits per heavy atom. The van der Waals surface area contributed by atoms with Crippen molar-refractivity contribution in [3.05, 3.63) is 64.7 Å². The average molecular weight is 281 g/mol. The zero-order chi connectivity index (χ0) is 15.6. The molecule has 0 atom stereocenters. The van der Waals surface area contributed by atoms with Crippen molar-refractivity contribution < 1.29 is 5.11 Å². The number of phenols is 1. The minimum Gasteiger partial charge on any atom is -0.507 e. The fourth-order valence-corrected chi connectivity index (χ4v) is 2.57. The van der Waals surface area contributed by atoms with Gasteiger partial charge in [0.2, 0.25) is 0 Å². The van der Waals surface area contributed by atoms with Crippen molar-refractivity contribution in [2.24, 2.45) is 0 Å². The molecular formula is C19H23NO. The van der Waals surface area contributed by atoms with Crippen LogP contribution in [0.5, 0.6) is 5.75 Å². The van der Waals surface area contributed by atoms with E-state index in [0.717, 1.165) is 39.2 Å². The van der Waals surface area contributed by atoms with Crippen molar-refractivity contribution in [1.82, 2.24) is 0 Å². The van der Waals surface area contributed by atoms with E-state index in [0.29, 0.717) is 12.2 Å². The lowest BCUT2D eigenvalue weighted by molar-refractivity contribution is 0.464. The van der Waals surface area contributed by atoms with E-state index in [9.17, 15) is 5.11 Å². The van der Waals surface area contributed by atoms with Crippen LogP contribution in [0.1, 0.15) is 29.2 Å². The van der Waals surface area contributed by atoms with Crippen molar-refractivity contribution in [2.75, 3.05) is 5.32 Å². The molecule has 2 rings (SSSR count). The summed E-state index contributed by atoms with van der Waals surface area (Å²) in [5.74, 6) is 0.395. The second-order valence-electron chi connectivity index (χ2n) is 5.70. The van der Waals surface area contributed by atoms with Gasteiger partial charge in [0.15, 0.2) is 0 Å². The Kier molecular flexibility index (Phi) is 4.37. The minimum atomic E-state index is 0.395. The number of nitrogens with one attached hydrogen (secondary N) is 1. The number of allylic oxidation sites excluding steroid dienone is 1. The van der Waals surface area contributed by atoms with Gasteiger partial charge >= 0.3 is 0 Å². The molecule has 0 fully saturated rings. The van der Waals surface area contributed by atoms with E-state index in [4.69, 9.17) is 0 Å². The van der Waals surface area contributed by atoms with E-state index < -0.39 is 0 Å². The number of phenolic OH excluding ortho intramolecular Hbond substituents is 1. The number of hydrogen-bond acceptors (Lipinski definition) is 2. The molecule has 0 aliphatic heterocycles. The van der Waals surface area contributed by atoms with E-state index >= 15 is 0 Å². The van der Waals surface area contributed by atoms with Crippen LogP contribution in [0.2, 0.25) is 0 Å². The van der Waals surface area contributed by atoms with Gasteiger partial charge in [-0.25, -0.2) is 0 Å². The molecule has 0 amide bonds. The van der Waals surface area contributed by atoms with Crippen molar-refractivity contribution in [3.63, 3.8) is 0 Å². The van der Waals surface area contributed by atoms with Gasteiger partial charge in [-0.3, -0.25) is 0 Å². The van der Waals surface area contributed by atoms with Gasteiger partial charge in [0, 0.05) is 16.9 Å². The second kappa shape index (κ2) is 6.04. The molecule has 2 N–H and O–H groups in total. The molecular weight excluding hydrogens is 258 g/mol. The van der Waals surface area contributed by atoms with Crippen LogP contribution in [0.15, 0.2) is 42.5 Å². The first-order valence-corrected chi connectivity index (χ1v) is 7.19. The van der Waals surface area contributed by atoms with E-state index in [2.05, 4.69) is 18.8 Å². The molecule has 0 bridgehead atoms. The van der Waals surface area contributed by atoms with Crippen LogP contribution >= 0.6 is 0 Å². The second-order valence-corrected chi connectivity index (χ2v) is 5.70. The Morgan fingerprint density at radius 2 is 1.67 bits per heavy atom. The van der Waals surface area contributed by atoms with Crippen LogP contribution in [0.25, 0.3) is 0 Å². The average Bonchev–Trinajstić information content (AvgIpc) is 2.47. The molecule has 0 saturated carbocycles. The summed E-state index contributed by atoms with van der Waals surface area (Å²) >= 11 is 0. The highest BCUT2D eigenvalue weighted by atomic mass is 16.3. The number of aromatic hydroxyl groups is 1. The lowest BCUT2D eigenvalue weighted by Crippen LogP contribution is -2.03. The molecule has 0 heterocycles. The Hall–Kier alpha value is -2.22. The normalized spacial score (nSPS) is 10.5. The first-order chi connectivity index (χ1) is 9.91. The quantitative estimate of drug-likeness (QED) is 0.598. The summed E-state index contributed by atoms with van der Waals surface area (Å²) in [6, 6.07) is 10.1. The van der Waals surface area contributed by atoms with Crippen molar-refractivity contribution in [1.29, 1.82) is 0 Å². The monoisotopic (exact) mass is 281 g/mol. The molecule has 2 heteroatoms. The van der Waals surface area contributed by atoms with Crippen LogP contribution in [0.3, 0.4) is 0 Å². The molecule has 2 aromatic carbocycles. The SMILES string of the molecule is C=C(C)Cc1c(C)c(Nc2ccccc2)c(C)c(C)c1O. The smallest absolute Gasteiger partial charge is 0.122 e. The number of anilines is 2. The minimum absolute atomic E-state index is 0.395. The lowest BCUT2D eigenvalue weighted by atomic mass is 9.92. The van der Waals surface area contributed by atoms with Crippen LogP contribution in [-0.2, 0) is 6.42 Å². The molecule has 110 valence electrons. The summed E-state index contributed by atoms with van der Waals surface area (Å²) in [7, 11) is 0. The van der Waals surface area contributed by atoms with Crippen molar-refractivity contribution in [2.45, 2.75) is 34.1 Å². The van der Waals surface area contributed by atoms with Crippen molar-refractivity contribution in [3.8, 4) is 5.75 Å². The standard InChI is InChI=1S/C19H23NO/c1-12(2)11-17-15(5)18(13(3)14(4)19(17)21)20-16-9-7-6-8-10-16/h6-10,20-21H,1,11H2,2-5H3. The maximum atomic E-state index is 10.4. The lowest BCUT2D eigenvalue weighted by Gasteiger charge is -2.20. The summed E-state index contributed by atoms with van der Waals surface area (Å²) in [6.45, 7) is 12.0. The number of hydrogen-bond donors (Lipinski definition) is 2. The maximum absolute atomic E-state index is 10.4. The van der Waals surface area contributed by atoms with Gasteiger partial charge in [0.05, 0.1) is 0 Å². The third-order valence-electron chi connectivity index (χ3n) is 3.93. The molecule has 2 nitrogen and oxygen atoms in total. The van der Waals surface area contributed by atoms with Gasteiger partial charge in [0.25, 0.3) is 0 Å². The molecule has 2 aromatic rings. The third kappa shape index (κ3) is 3.10. The topological polar surface area (TPSA) is 32.3 Å².